The first-order valence-corrected chi connectivity index (χ1v) is 6.93. The van der Waals surface area contributed by atoms with Crippen molar-refractivity contribution in [2.45, 2.75) is 33.2 Å². The van der Waals surface area contributed by atoms with Crippen LogP contribution in [-0.2, 0) is 0 Å². The molecule has 1 aliphatic rings. The molecule has 1 atom stereocenters. The molecule has 4 heteroatoms. The van der Waals surface area contributed by atoms with E-state index in [0.29, 0.717) is 23.2 Å². The van der Waals surface area contributed by atoms with Crippen molar-refractivity contribution in [1.29, 1.82) is 0 Å². The molecule has 1 unspecified atom stereocenters. The number of benzene rings is 1. The summed E-state index contributed by atoms with van der Waals surface area (Å²) >= 11 is 0. The Morgan fingerprint density at radius 3 is 2.68 bits per heavy atom. The standard InChI is InChI=1S/C15H22F2N2/c1-10(2)14-9-19(6-4-5-18-14)15-8-12(16)11(3)7-13(15)17/h7-8,10,14,18H,4-6,9H2,1-3H3. The van der Waals surface area contributed by atoms with Gasteiger partial charge in [0.15, 0.2) is 0 Å². The van der Waals surface area contributed by atoms with Crippen LogP contribution in [0.4, 0.5) is 14.5 Å². The van der Waals surface area contributed by atoms with Crippen molar-refractivity contribution in [3.8, 4) is 0 Å². The van der Waals surface area contributed by atoms with Crippen molar-refractivity contribution in [2.75, 3.05) is 24.5 Å². The minimum atomic E-state index is -0.338. The zero-order valence-electron chi connectivity index (χ0n) is 11.8. The quantitative estimate of drug-likeness (QED) is 0.886. The first-order valence-electron chi connectivity index (χ1n) is 6.93. The highest BCUT2D eigenvalue weighted by molar-refractivity contribution is 5.50. The van der Waals surface area contributed by atoms with Crippen LogP contribution in [0.3, 0.4) is 0 Å². The summed E-state index contributed by atoms with van der Waals surface area (Å²) in [5, 5.41) is 3.47. The molecule has 0 bridgehead atoms. The minimum Gasteiger partial charge on any atom is -0.367 e. The second-order valence-electron chi connectivity index (χ2n) is 5.66. The van der Waals surface area contributed by atoms with Gasteiger partial charge in [-0.25, -0.2) is 8.78 Å². The zero-order chi connectivity index (χ0) is 14.0. The molecule has 106 valence electrons. The number of hydrogen-bond acceptors (Lipinski definition) is 2. The highest BCUT2D eigenvalue weighted by Gasteiger charge is 2.22. The fourth-order valence-electron chi connectivity index (χ4n) is 2.49. The van der Waals surface area contributed by atoms with Crippen LogP contribution in [0.15, 0.2) is 12.1 Å². The van der Waals surface area contributed by atoms with Crippen LogP contribution in [0.25, 0.3) is 0 Å². The lowest BCUT2D eigenvalue weighted by atomic mass is 10.0. The number of hydrogen-bond donors (Lipinski definition) is 1. The smallest absolute Gasteiger partial charge is 0.146 e. The topological polar surface area (TPSA) is 15.3 Å². The summed E-state index contributed by atoms with van der Waals surface area (Å²) < 4.78 is 27.7. The Balaban J connectivity index is 2.26. The maximum Gasteiger partial charge on any atom is 0.146 e. The largest absolute Gasteiger partial charge is 0.367 e. The summed E-state index contributed by atoms with van der Waals surface area (Å²) in [5.74, 6) is -0.197. The molecule has 1 aromatic carbocycles. The average molecular weight is 268 g/mol. The molecule has 2 nitrogen and oxygen atoms in total. The fourth-order valence-corrected chi connectivity index (χ4v) is 2.49. The summed E-state index contributed by atoms with van der Waals surface area (Å²) in [5.41, 5.74) is 0.743. The van der Waals surface area contributed by atoms with Crippen LogP contribution < -0.4 is 10.2 Å². The van der Waals surface area contributed by atoms with Gasteiger partial charge in [-0.3, -0.25) is 0 Å². The first kappa shape index (κ1) is 14.3. The van der Waals surface area contributed by atoms with Crippen LogP contribution >= 0.6 is 0 Å². The van der Waals surface area contributed by atoms with Gasteiger partial charge in [-0.05, 0) is 37.4 Å². The predicted molar refractivity (Wildman–Crippen MR) is 74.6 cm³/mol. The molecule has 1 N–H and O–H groups in total. The normalized spacial score (nSPS) is 20.7. The predicted octanol–water partition coefficient (Wildman–Crippen LogP) is 3.10. The molecule has 19 heavy (non-hydrogen) atoms. The van der Waals surface area contributed by atoms with Crippen LogP contribution in [0.2, 0.25) is 0 Å². The van der Waals surface area contributed by atoms with Gasteiger partial charge in [0.25, 0.3) is 0 Å². The first-order chi connectivity index (χ1) is 8.99. The van der Waals surface area contributed by atoms with Crippen molar-refractivity contribution in [3.05, 3.63) is 29.3 Å². The van der Waals surface area contributed by atoms with E-state index < -0.39 is 0 Å². The lowest BCUT2D eigenvalue weighted by Crippen LogP contribution is -2.41. The zero-order valence-corrected chi connectivity index (χ0v) is 11.8. The summed E-state index contributed by atoms with van der Waals surface area (Å²) in [6.07, 6.45) is 0.943. The molecule has 1 aliphatic heterocycles. The second-order valence-corrected chi connectivity index (χ2v) is 5.66. The summed E-state index contributed by atoms with van der Waals surface area (Å²) in [6.45, 7) is 8.28. The van der Waals surface area contributed by atoms with E-state index in [9.17, 15) is 8.78 Å². The van der Waals surface area contributed by atoms with E-state index in [1.807, 2.05) is 4.90 Å². The van der Waals surface area contributed by atoms with Gasteiger partial charge in [0, 0.05) is 25.2 Å². The molecular formula is C15H22F2N2. The van der Waals surface area contributed by atoms with Crippen LogP contribution in [0.1, 0.15) is 25.8 Å². The van der Waals surface area contributed by atoms with Gasteiger partial charge >= 0.3 is 0 Å². The maximum atomic E-state index is 14.0. The molecule has 1 heterocycles. The highest BCUT2D eigenvalue weighted by Crippen LogP contribution is 2.25. The molecule has 0 radical (unpaired) electrons. The Hall–Kier alpha value is -1.16. The minimum absolute atomic E-state index is 0.311. The molecule has 1 saturated heterocycles. The molecule has 2 rings (SSSR count). The molecule has 1 fully saturated rings. The molecule has 0 spiro atoms. The molecule has 1 aromatic rings. The third-order valence-corrected chi connectivity index (χ3v) is 3.80. The van der Waals surface area contributed by atoms with Gasteiger partial charge in [-0.2, -0.15) is 0 Å². The molecule has 0 saturated carbocycles. The Kier molecular flexibility index (Phi) is 4.40. The van der Waals surface area contributed by atoms with Crippen LogP contribution in [-0.4, -0.2) is 25.7 Å². The molecular weight excluding hydrogens is 246 g/mol. The van der Waals surface area contributed by atoms with E-state index >= 15 is 0 Å². The van der Waals surface area contributed by atoms with Crippen molar-refractivity contribution in [3.63, 3.8) is 0 Å². The number of halogens is 2. The van der Waals surface area contributed by atoms with Gasteiger partial charge in [0.05, 0.1) is 5.69 Å². The van der Waals surface area contributed by atoms with Gasteiger partial charge in [0.2, 0.25) is 0 Å². The summed E-state index contributed by atoms with van der Waals surface area (Å²) in [7, 11) is 0. The Labute approximate surface area is 113 Å². The van der Waals surface area contributed by atoms with Gasteiger partial charge in [0.1, 0.15) is 11.6 Å². The number of rotatable bonds is 2. The van der Waals surface area contributed by atoms with E-state index in [0.717, 1.165) is 26.1 Å². The summed E-state index contributed by atoms with van der Waals surface area (Å²) in [6, 6.07) is 2.92. The van der Waals surface area contributed by atoms with Crippen molar-refractivity contribution < 1.29 is 8.78 Å². The lowest BCUT2D eigenvalue weighted by Gasteiger charge is -2.29. The molecule has 0 amide bonds. The molecule has 0 aliphatic carbocycles. The fraction of sp³-hybridized carbons (Fsp3) is 0.600. The monoisotopic (exact) mass is 268 g/mol. The van der Waals surface area contributed by atoms with Gasteiger partial charge in [-0.15, -0.1) is 0 Å². The van der Waals surface area contributed by atoms with E-state index in [1.165, 1.54) is 12.1 Å². The Bertz CT molecular complexity index is 446. The van der Waals surface area contributed by atoms with Crippen molar-refractivity contribution >= 4 is 5.69 Å². The van der Waals surface area contributed by atoms with E-state index in [4.69, 9.17) is 0 Å². The van der Waals surface area contributed by atoms with Gasteiger partial charge in [-0.1, -0.05) is 13.8 Å². The highest BCUT2D eigenvalue weighted by atomic mass is 19.1. The number of nitrogens with one attached hydrogen (secondary N) is 1. The third kappa shape index (κ3) is 3.24. The number of anilines is 1. The van der Waals surface area contributed by atoms with E-state index in [-0.39, 0.29) is 11.6 Å². The summed E-state index contributed by atoms with van der Waals surface area (Å²) in [4.78, 5) is 1.96. The number of aryl methyl sites for hydroxylation is 1. The van der Waals surface area contributed by atoms with Crippen molar-refractivity contribution in [1.82, 2.24) is 5.32 Å². The second kappa shape index (κ2) is 5.87. The van der Waals surface area contributed by atoms with Gasteiger partial charge < -0.3 is 10.2 Å². The van der Waals surface area contributed by atoms with E-state index in [1.54, 1.807) is 6.92 Å². The van der Waals surface area contributed by atoms with Crippen LogP contribution in [0, 0.1) is 24.5 Å². The van der Waals surface area contributed by atoms with E-state index in [2.05, 4.69) is 19.2 Å². The Morgan fingerprint density at radius 1 is 1.26 bits per heavy atom. The van der Waals surface area contributed by atoms with Crippen LogP contribution in [0.5, 0.6) is 0 Å². The average Bonchev–Trinajstić information content (AvgIpc) is 2.59. The molecule has 0 aromatic heterocycles. The third-order valence-electron chi connectivity index (χ3n) is 3.80. The lowest BCUT2D eigenvalue weighted by molar-refractivity contribution is 0.419. The SMILES string of the molecule is Cc1cc(F)c(N2CCCNC(C(C)C)C2)cc1F. The number of nitrogens with zero attached hydrogens (tertiary/aromatic N) is 1. The maximum absolute atomic E-state index is 14.0. The van der Waals surface area contributed by atoms with Crippen molar-refractivity contribution in [2.24, 2.45) is 5.92 Å². The Morgan fingerprint density at radius 2 is 2.00 bits per heavy atom.